The molecule has 2 aromatic rings. The van der Waals surface area contributed by atoms with Crippen molar-refractivity contribution in [1.29, 1.82) is 0 Å². The van der Waals surface area contributed by atoms with Crippen molar-refractivity contribution in [2.45, 2.75) is 19.5 Å². The van der Waals surface area contributed by atoms with Crippen LogP contribution in [0.4, 0.5) is 0 Å². The van der Waals surface area contributed by atoms with Crippen molar-refractivity contribution < 1.29 is 4.74 Å². The van der Waals surface area contributed by atoms with Crippen LogP contribution in [0.15, 0.2) is 49.8 Å². The summed E-state index contributed by atoms with van der Waals surface area (Å²) in [5.41, 5.74) is 2.46. The molecule has 112 valence electrons. The van der Waals surface area contributed by atoms with Gasteiger partial charge in [-0.1, -0.05) is 28.1 Å². The average Bonchev–Trinajstić information content (AvgIpc) is 2.45. The van der Waals surface area contributed by atoms with Crippen LogP contribution < -0.4 is 10.1 Å². The van der Waals surface area contributed by atoms with Crippen molar-refractivity contribution >= 4 is 47.8 Å². The van der Waals surface area contributed by atoms with Gasteiger partial charge in [0.2, 0.25) is 0 Å². The van der Waals surface area contributed by atoms with Gasteiger partial charge in [0.05, 0.1) is 16.1 Å². The minimum absolute atomic E-state index is 0.290. The molecule has 2 aromatic carbocycles. The minimum atomic E-state index is 0.290. The number of ether oxygens (including phenoxy) is 1. The Bertz CT molecular complexity index is 590. The molecule has 0 aromatic heterocycles. The predicted octanol–water partition coefficient (Wildman–Crippen LogP) is 5.83. The number of methoxy groups -OCH3 is 1. The molecular formula is C16H16Br3NO. The normalized spacial score (nSPS) is 12.2. The van der Waals surface area contributed by atoms with Crippen LogP contribution in [0.2, 0.25) is 0 Å². The summed E-state index contributed by atoms with van der Waals surface area (Å²) in [6.07, 6.45) is 0. The molecule has 0 aliphatic heterocycles. The lowest BCUT2D eigenvalue weighted by atomic mass is 10.1. The molecule has 0 amide bonds. The maximum Gasteiger partial charge on any atom is 0.147 e. The van der Waals surface area contributed by atoms with E-state index in [4.69, 9.17) is 4.74 Å². The van der Waals surface area contributed by atoms with Crippen molar-refractivity contribution in [3.8, 4) is 5.75 Å². The number of halogens is 3. The summed E-state index contributed by atoms with van der Waals surface area (Å²) < 4.78 is 8.32. The second kappa shape index (κ2) is 7.77. The van der Waals surface area contributed by atoms with Crippen LogP contribution in [0, 0.1) is 0 Å². The molecule has 0 saturated heterocycles. The van der Waals surface area contributed by atoms with Crippen LogP contribution in [0.1, 0.15) is 24.1 Å². The van der Waals surface area contributed by atoms with E-state index < -0.39 is 0 Å². The highest BCUT2D eigenvalue weighted by Crippen LogP contribution is 2.34. The average molecular weight is 478 g/mol. The first-order valence-electron chi connectivity index (χ1n) is 6.52. The van der Waals surface area contributed by atoms with Gasteiger partial charge >= 0.3 is 0 Å². The summed E-state index contributed by atoms with van der Waals surface area (Å²) in [7, 11) is 1.67. The molecule has 0 bridgehead atoms. The third-order valence-corrected chi connectivity index (χ3v) is 4.95. The summed E-state index contributed by atoms with van der Waals surface area (Å²) in [5, 5.41) is 3.53. The lowest BCUT2D eigenvalue weighted by Gasteiger charge is -2.15. The van der Waals surface area contributed by atoms with Gasteiger partial charge in [-0.2, -0.15) is 0 Å². The lowest BCUT2D eigenvalue weighted by Crippen LogP contribution is -2.18. The molecule has 21 heavy (non-hydrogen) atoms. The summed E-state index contributed by atoms with van der Waals surface area (Å²) in [4.78, 5) is 0. The maximum atomic E-state index is 5.32. The SMILES string of the molecule is COc1c(Br)cc(CNC(C)c2ccc(Br)cc2)cc1Br. The largest absolute Gasteiger partial charge is 0.494 e. The van der Waals surface area contributed by atoms with E-state index >= 15 is 0 Å². The molecule has 2 rings (SSSR count). The Morgan fingerprint density at radius 2 is 1.62 bits per heavy atom. The molecule has 0 saturated carbocycles. The van der Waals surface area contributed by atoms with Crippen molar-refractivity contribution in [2.75, 3.05) is 7.11 Å². The molecule has 1 N–H and O–H groups in total. The van der Waals surface area contributed by atoms with Crippen molar-refractivity contribution in [3.05, 3.63) is 60.9 Å². The van der Waals surface area contributed by atoms with E-state index in [1.165, 1.54) is 11.1 Å². The first-order valence-corrected chi connectivity index (χ1v) is 8.90. The van der Waals surface area contributed by atoms with Crippen LogP contribution in [0.25, 0.3) is 0 Å². The zero-order valence-corrected chi connectivity index (χ0v) is 16.5. The highest BCUT2D eigenvalue weighted by molar-refractivity contribution is 9.11. The van der Waals surface area contributed by atoms with E-state index in [1.54, 1.807) is 7.11 Å². The zero-order valence-electron chi connectivity index (χ0n) is 11.8. The molecule has 0 spiro atoms. The van der Waals surface area contributed by atoms with E-state index in [1.807, 2.05) is 0 Å². The fourth-order valence-corrected chi connectivity index (χ4v) is 3.92. The van der Waals surface area contributed by atoms with Crippen LogP contribution in [-0.4, -0.2) is 7.11 Å². The molecule has 2 nitrogen and oxygen atoms in total. The van der Waals surface area contributed by atoms with Crippen LogP contribution in [0.3, 0.4) is 0 Å². The molecule has 1 unspecified atom stereocenters. The summed E-state index contributed by atoms with van der Waals surface area (Å²) >= 11 is 10.5. The molecule has 0 aliphatic carbocycles. The fourth-order valence-electron chi connectivity index (χ4n) is 2.05. The second-order valence-corrected chi connectivity index (χ2v) is 7.37. The Kier molecular flexibility index (Phi) is 6.29. The highest BCUT2D eigenvalue weighted by Gasteiger charge is 2.09. The van der Waals surface area contributed by atoms with E-state index in [-0.39, 0.29) is 6.04 Å². The summed E-state index contributed by atoms with van der Waals surface area (Å²) in [6, 6.07) is 12.8. The number of nitrogens with one attached hydrogen (secondary N) is 1. The summed E-state index contributed by atoms with van der Waals surface area (Å²) in [5.74, 6) is 0.819. The lowest BCUT2D eigenvalue weighted by molar-refractivity contribution is 0.409. The van der Waals surface area contributed by atoms with Gasteiger partial charge in [-0.05, 0) is 74.2 Å². The Hall–Kier alpha value is -0.360. The molecule has 0 radical (unpaired) electrons. The van der Waals surface area contributed by atoms with Crippen molar-refractivity contribution in [2.24, 2.45) is 0 Å². The molecule has 5 heteroatoms. The van der Waals surface area contributed by atoms with Crippen LogP contribution in [-0.2, 0) is 6.54 Å². The Morgan fingerprint density at radius 3 is 2.14 bits per heavy atom. The second-order valence-electron chi connectivity index (χ2n) is 4.75. The van der Waals surface area contributed by atoms with Crippen LogP contribution in [0.5, 0.6) is 5.75 Å². The van der Waals surface area contributed by atoms with E-state index in [0.717, 1.165) is 25.7 Å². The maximum absolute atomic E-state index is 5.32. The first kappa shape index (κ1) is 17.0. The Morgan fingerprint density at radius 1 is 1.05 bits per heavy atom. The fraction of sp³-hybridized carbons (Fsp3) is 0.250. The third-order valence-electron chi connectivity index (χ3n) is 3.24. The van der Waals surface area contributed by atoms with Gasteiger partial charge in [0, 0.05) is 17.1 Å². The summed E-state index contributed by atoms with van der Waals surface area (Å²) in [6.45, 7) is 2.95. The quantitative estimate of drug-likeness (QED) is 0.584. The van der Waals surface area contributed by atoms with E-state index in [9.17, 15) is 0 Å². The highest BCUT2D eigenvalue weighted by atomic mass is 79.9. The zero-order chi connectivity index (χ0) is 15.4. The topological polar surface area (TPSA) is 21.3 Å². The van der Waals surface area contributed by atoms with Gasteiger partial charge in [-0.3, -0.25) is 0 Å². The molecular weight excluding hydrogens is 462 g/mol. The number of hydrogen-bond donors (Lipinski definition) is 1. The first-order chi connectivity index (χ1) is 10.0. The third kappa shape index (κ3) is 4.55. The number of benzene rings is 2. The number of rotatable bonds is 5. The molecule has 0 aliphatic rings. The Balaban J connectivity index is 2.04. The molecule has 1 atom stereocenters. The van der Waals surface area contributed by atoms with Gasteiger partial charge in [-0.25, -0.2) is 0 Å². The standard InChI is InChI=1S/C16H16Br3NO/c1-10(12-3-5-13(17)6-4-12)20-9-11-7-14(18)16(21-2)15(19)8-11/h3-8,10,20H,9H2,1-2H3. The minimum Gasteiger partial charge on any atom is -0.494 e. The molecule has 0 fully saturated rings. The predicted molar refractivity (Wildman–Crippen MR) is 97.8 cm³/mol. The van der Waals surface area contributed by atoms with Gasteiger partial charge in [0.15, 0.2) is 0 Å². The Labute approximate surface area is 150 Å². The smallest absolute Gasteiger partial charge is 0.147 e. The van der Waals surface area contributed by atoms with Gasteiger partial charge in [0.25, 0.3) is 0 Å². The van der Waals surface area contributed by atoms with E-state index in [0.29, 0.717) is 0 Å². The van der Waals surface area contributed by atoms with Crippen LogP contribution >= 0.6 is 47.8 Å². The monoisotopic (exact) mass is 475 g/mol. The van der Waals surface area contributed by atoms with Crippen molar-refractivity contribution in [1.82, 2.24) is 5.32 Å². The number of hydrogen-bond acceptors (Lipinski definition) is 2. The van der Waals surface area contributed by atoms with Gasteiger partial charge in [-0.15, -0.1) is 0 Å². The van der Waals surface area contributed by atoms with Crippen molar-refractivity contribution in [3.63, 3.8) is 0 Å². The molecule has 0 heterocycles. The van der Waals surface area contributed by atoms with E-state index in [2.05, 4.69) is 96.4 Å². The van der Waals surface area contributed by atoms with Gasteiger partial charge in [0.1, 0.15) is 5.75 Å². The van der Waals surface area contributed by atoms with Gasteiger partial charge < -0.3 is 10.1 Å².